The Hall–Kier alpha value is -1.86. The van der Waals surface area contributed by atoms with Crippen molar-refractivity contribution in [1.29, 1.82) is 5.26 Å². The van der Waals surface area contributed by atoms with E-state index in [-0.39, 0.29) is 11.5 Å². The highest BCUT2D eigenvalue weighted by atomic mass is 79.9. The first-order chi connectivity index (χ1) is 8.24. The zero-order valence-corrected chi connectivity index (χ0v) is 10.3. The Balaban J connectivity index is 2.39. The van der Waals surface area contributed by atoms with Gasteiger partial charge in [0.1, 0.15) is 5.92 Å². The van der Waals surface area contributed by atoms with Crippen LogP contribution in [0.5, 0.6) is 0 Å². The molecule has 1 atom stereocenters. The minimum Gasteiger partial charge on any atom is -0.461 e. The first-order valence-electron chi connectivity index (χ1n) is 4.96. The zero-order valence-electron chi connectivity index (χ0n) is 8.76. The second kappa shape index (κ2) is 4.98. The topological polar surface area (TPSA) is 54.0 Å². The van der Waals surface area contributed by atoms with Gasteiger partial charge in [-0.1, -0.05) is 34.1 Å². The lowest BCUT2D eigenvalue weighted by atomic mass is 9.95. The number of hydrogen-bond acceptors (Lipinski definition) is 3. The lowest BCUT2D eigenvalue weighted by Crippen LogP contribution is -2.10. The molecular formula is C13H8BrNO2. The molecule has 2 rings (SSSR count). The predicted molar refractivity (Wildman–Crippen MR) is 65.5 cm³/mol. The van der Waals surface area contributed by atoms with E-state index in [2.05, 4.69) is 15.9 Å². The third kappa shape index (κ3) is 2.29. The summed E-state index contributed by atoms with van der Waals surface area (Å²) in [6.07, 6.45) is 1.42. The summed E-state index contributed by atoms with van der Waals surface area (Å²) in [5, 5.41) is 9.14. The van der Waals surface area contributed by atoms with Gasteiger partial charge in [-0.2, -0.15) is 5.26 Å². The molecule has 0 saturated heterocycles. The van der Waals surface area contributed by atoms with Crippen LogP contribution in [-0.4, -0.2) is 5.78 Å². The lowest BCUT2D eigenvalue weighted by molar-refractivity contribution is 0.0951. The van der Waals surface area contributed by atoms with E-state index < -0.39 is 5.92 Å². The number of nitrogens with zero attached hydrogens (tertiary/aromatic N) is 1. The Bertz CT molecular complexity index is 569. The van der Waals surface area contributed by atoms with Gasteiger partial charge in [-0.15, -0.1) is 0 Å². The number of benzene rings is 1. The fraction of sp³-hybridized carbons (Fsp3) is 0.0769. The van der Waals surface area contributed by atoms with Gasteiger partial charge in [0.15, 0.2) is 5.76 Å². The van der Waals surface area contributed by atoms with Crippen molar-refractivity contribution < 1.29 is 9.21 Å². The van der Waals surface area contributed by atoms with Gasteiger partial charge in [0.05, 0.1) is 12.3 Å². The molecule has 0 aliphatic heterocycles. The van der Waals surface area contributed by atoms with E-state index in [0.717, 1.165) is 4.47 Å². The van der Waals surface area contributed by atoms with Crippen molar-refractivity contribution in [1.82, 2.24) is 0 Å². The molecule has 3 nitrogen and oxygen atoms in total. The number of rotatable bonds is 3. The average Bonchev–Trinajstić information content (AvgIpc) is 2.86. The van der Waals surface area contributed by atoms with Crippen molar-refractivity contribution in [2.75, 3.05) is 0 Å². The largest absolute Gasteiger partial charge is 0.461 e. The third-order valence-corrected chi connectivity index (χ3v) is 3.09. The standard InChI is InChI=1S/C13H8BrNO2/c14-11-5-2-1-4-9(11)10(8-15)13(16)12-6-3-7-17-12/h1-7,10H. The van der Waals surface area contributed by atoms with Crippen LogP contribution < -0.4 is 0 Å². The molecular weight excluding hydrogens is 282 g/mol. The molecule has 84 valence electrons. The van der Waals surface area contributed by atoms with Crippen LogP contribution in [0, 0.1) is 11.3 Å². The Morgan fingerprint density at radius 2 is 2.06 bits per heavy atom. The van der Waals surface area contributed by atoms with Crippen LogP contribution in [0.3, 0.4) is 0 Å². The van der Waals surface area contributed by atoms with Crippen molar-refractivity contribution in [3.8, 4) is 6.07 Å². The number of ketones is 1. The molecule has 0 amide bonds. The number of hydrogen-bond donors (Lipinski definition) is 0. The summed E-state index contributed by atoms with van der Waals surface area (Å²) in [6.45, 7) is 0. The van der Waals surface area contributed by atoms with Crippen LogP contribution in [-0.2, 0) is 0 Å². The second-order valence-corrected chi connectivity index (χ2v) is 4.28. The molecule has 1 aromatic heterocycles. The average molecular weight is 290 g/mol. The molecule has 4 heteroatoms. The number of Topliss-reactive ketones (excluding diaryl/α,β-unsaturated/α-hetero) is 1. The number of furan rings is 1. The van der Waals surface area contributed by atoms with E-state index in [0.29, 0.717) is 5.56 Å². The van der Waals surface area contributed by atoms with E-state index in [1.165, 1.54) is 6.26 Å². The number of halogens is 1. The summed E-state index contributed by atoms with van der Waals surface area (Å²) in [7, 11) is 0. The van der Waals surface area contributed by atoms with E-state index in [9.17, 15) is 4.79 Å². The minimum atomic E-state index is -0.850. The van der Waals surface area contributed by atoms with Crippen molar-refractivity contribution in [2.24, 2.45) is 0 Å². The minimum absolute atomic E-state index is 0.201. The zero-order chi connectivity index (χ0) is 12.3. The van der Waals surface area contributed by atoms with Crippen LogP contribution in [0.2, 0.25) is 0 Å². The smallest absolute Gasteiger partial charge is 0.219 e. The number of carbonyl (C=O) groups excluding carboxylic acids is 1. The van der Waals surface area contributed by atoms with Crippen LogP contribution in [0.4, 0.5) is 0 Å². The molecule has 0 aliphatic rings. The molecule has 0 aliphatic carbocycles. The normalized spacial score (nSPS) is 11.8. The van der Waals surface area contributed by atoms with Crippen LogP contribution >= 0.6 is 15.9 Å². The van der Waals surface area contributed by atoms with Gasteiger partial charge < -0.3 is 4.42 Å². The highest BCUT2D eigenvalue weighted by molar-refractivity contribution is 9.10. The van der Waals surface area contributed by atoms with Crippen LogP contribution in [0.1, 0.15) is 22.0 Å². The van der Waals surface area contributed by atoms with Gasteiger partial charge >= 0.3 is 0 Å². The Morgan fingerprint density at radius 1 is 1.29 bits per heavy atom. The Labute approximate surface area is 107 Å². The predicted octanol–water partition coefficient (Wildman–Crippen LogP) is 3.53. The Kier molecular flexibility index (Phi) is 3.40. The number of nitriles is 1. The highest BCUT2D eigenvalue weighted by Gasteiger charge is 2.25. The lowest BCUT2D eigenvalue weighted by Gasteiger charge is -2.08. The van der Waals surface area contributed by atoms with Gasteiger partial charge in [-0.3, -0.25) is 4.79 Å². The van der Waals surface area contributed by atoms with Gasteiger partial charge in [-0.05, 0) is 23.8 Å². The fourth-order valence-corrected chi connectivity index (χ4v) is 2.05. The van der Waals surface area contributed by atoms with E-state index in [1.54, 1.807) is 30.3 Å². The monoisotopic (exact) mass is 289 g/mol. The Morgan fingerprint density at radius 3 is 2.65 bits per heavy atom. The molecule has 1 unspecified atom stereocenters. The van der Waals surface area contributed by atoms with E-state index in [4.69, 9.17) is 9.68 Å². The van der Waals surface area contributed by atoms with Gasteiger partial charge in [0.25, 0.3) is 0 Å². The maximum Gasteiger partial charge on any atom is 0.219 e. The first-order valence-corrected chi connectivity index (χ1v) is 5.75. The maximum atomic E-state index is 12.1. The van der Waals surface area contributed by atoms with Crippen molar-refractivity contribution in [3.05, 3.63) is 58.5 Å². The molecule has 1 heterocycles. The van der Waals surface area contributed by atoms with E-state index >= 15 is 0 Å². The molecule has 17 heavy (non-hydrogen) atoms. The number of carbonyl (C=O) groups is 1. The molecule has 0 N–H and O–H groups in total. The molecule has 1 aromatic carbocycles. The van der Waals surface area contributed by atoms with Gasteiger partial charge in [-0.25, -0.2) is 0 Å². The summed E-state index contributed by atoms with van der Waals surface area (Å²) >= 11 is 3.34. The summed E-state index contributed by atoms with van der Waals surface area (Å²) in [5.41, 5.74) is 0.649. The van der Waals surface area contributed by atoms with Crippen LogP contribution in [0.25, 0.3) is 0 Å². The van der Waals surface area contributed by atoms with Crippen LogP contribution in [0.15, 0.2) is 51.6 Å². The summed E-state index contributed by atoms with van der Waals surface area (Å²) in [4.78, 5) is 12.1. The van der Waals surface area contributed by atoms with Gasteiger partial charge in [0.2, 0.25) is 5.78 Å². The third-order valence-electron chi connectivity index (χ3n) is 2.37. The van der Waals surface area contributed by atoms with E-state index in [1.807, 2.05) is 12.1 Å². The molecule has 2 aromatic rings. The SMILES string of the molecule is N#CC(C(=O)c1ccco1)c1ccccc1Br. The highest BCUT2D eigenvalue weighted by Crippen LogP contribution is 2.27. The summed E-state index contributed by atoms with van der Waals surface area (Å²) in [5.74, 6) is -0.978. The summed E-state index contributed by atoms with van der Waals surface area (Å²) in [6, 6.07) is 12.4. The molecule has 0 saturated carbocycles. The first kappa shape index (κ1) is 11.6. The second-order valence-electron chi connectivity index (χ2n) is 3.43. The molecule has 0 spiro atoms. The molecule has 0 fully saturated rings. The summed E-state index contributed by atoms with van der Waals surface area (Å²) < 4.78 is 5.77. The van der Waals surface area contributed by atoms with Crippen molar-refractivity contribution in [2.45, 2.75) is 5.92 Å². The quantitative estimate of drug-likeness (QED) is 0.812. The van der Waals surface area contributed by atoms with Crippen molar-refractivity contribution in [3.63, 3.8) is 0 Å². The molecule has 0 bridgehead atoms. The van der Waals surface area contributed by atoms with Gasteiger partial charge in [0, 0.05) is 4.47 Å². The van der Waals surface area contributed by atoms with Crippen molar-refractivity contribution >= 4 is 21.7 Å². The fourth-order valence-electron chi connectivity index (χ4n) is 1.54. The maximum absolute atomic E-state index is 12.1. The molecule has 0 radical (unpaired) electrons.